The van der Waals surface area contributed by atoms with E-state index in [-0.39, 0.29) is 6.10 Å². The highest BCUT2D eigenvalue weighted by molar-refractivity contribution is 5.50. The maximum Gasteiger partial charge on any atom is 0.162 e. The van der Waals surface area contributed by atoms with Gasteiger partial charge in [0.15, 0.2) is 5.65 Å². The molecule has 18 heavy (non-hydrogen) atoms. The summed E-state index contributed by atoms with van der Waals surface area (Å²) in [4.78, 5) is 2.28. The van der Waals surface area contributed by atoms with E-state index in [4.69, 9.17) is 9.47 Å². The lowest BCUT2D eigenvalue weighted by Gasteiger charge is -2.34. The third-order valence-electron chi connectivity index (χ3n) is 3.13. The van der Waals surface area contributed by atoms with Crippen LogP contribution >= 0.6 is 0 Å². The van der Waals surface area contributed by atoms with Crippen LogP contribution in [0, 0.1) is 0 Å². The molecule has 6 heteroatoms. The maximum atomic E-state index is 5.66. The first-order chi connectivity index (χ1) is 8.88. The fourth-order valence-electron chi connectivity index (χ4n) is 2.31. The molecule has 0 unspecified atom stereocenters. The van der Waals surface area contributed by atoms with Gasteiger partial charge in [-0.2, -0.15) is 0 Å². The van der Waals surface area contributed by atoms with Crippen molar-refractivity contribution < 1.29 is 9.47 Å². The van der Waals surface area contributed by atoms with E-state index in [0.717, 1.165) is 24.6 Å². The predicted molar refractivity (Wildman–Crippen MR) is 66.8 cm³/mol. The van der Waals surface area contributed by atoms with Crippen LogP contribution in [0.3, 0.4) is 0 Å². The van der Waals surface area contributed by atoms with Crippen LogP contribution in [0.4, 0.5) is 5.82 Å². The number of aromatic nitrogens is 3. The van der Waals surface area contributed by atoms with Crippen molar-refractivity contribution in [2.24, 2.45) is 0 Å². The van der Waals surface area contributed by atoms with E-state index in [1.54, 1.807) is 13.4 Å². The third kappa shape index (κ3) is 2.04. The van der Waals surface area contributed by atoms with Crippen LogP contribution in [0.15, 0.2) is 24.5 Å². The SMILES string of the molecule is COC[C@H]1CN(c2cccc3nncn23)CCO1. The van der Waals surface area contributed by atoms with Crippen molar-refractivity contribution in [3.8, 4) is 0 Å². The second-order valence-electron chi connectivity index (χ2n) is 4.34. The molecular formula is C12H16N4O2. The Hall–Kier alpha value is -1.66. The molecular weight excluding hydrogens is 232 g/mol. The fourth-order valence-corrected chi connectivity index (χ4v) is 2.31. The van der Waals surface area contributed by atoms with Gasteiger partial charge in [-0.3, -0.25) is 4.40 Å². The van der Waals surface area contributed by atoms with Gasteiger partial charge in [0.1, 0.15) is 12.1 Å². The monoisotopic (exact) mass is 248 g/mol. The summed E-state index contributed by atoms with van der Waals surface area (Å²) in [6.45, 7) is 3.03. The summed E-state index contributed by atoms with van der Waals surface area (Å²) in [7, 11) is 1.70. The molecule has 0 saturated carbocycles. The molecule has 96 valence electrons. The van der Waals surface area contributed by atoms with Crippen molar-refractivity contribution in [2.75, 3.05) is 38.3 Å². The van der Waals surface area contributed by atoms with Crippen LogP contribution in [-0.2, 0) is 9.47 Å². The van der Waals surface area contributed by atoms with Crippen LogP contribution in [0.1, 0.15) is 0 Å². The molecule has 0 amide bonds. The number of hydrogen-bond donors (Lipinski definition) is 0. The molecule has 0 spiro atoms. The standard InChI is InChI=1S/C12H16N4O2/c1-17-8-10-7-15(5-6-18-10)12-4-2-3-11-14-13-9-16(11)12/h2-4,9-10H,5-8H2,1H3/t10-/m1/s1. The number of nitrogens with zero attached hydrogens (tertiary/aromatic N) is 4. The first-order valence-corrected chi connectivity index (χ1v) is 6.03. The van der Waals surface area contributed by atoms with Crippen LogP contribution in [0.25, 0.3) is 5.65 Å². The summed E-state index contributed by atoms with van der Waals surface area (Å²) < 4.78 is 12.8. The zero-order valence-corrected chi connectivity index (χ0v) is 10.3. The highest BCUT2D eigenvalue weighted by atomic mass is 16.5. The van der Waals surface area contributed by atoms with E-state index < -0.39 is 0 Å². The average Bonchev–Trinajstić information content (AvgIpc) is 2.87. The molecule has 1 fully saturated rings. The minimum absolute atomic E-state index is 0.121. The molecule has 1 atom stereocenters. The van der Waals surface area contributed by atoms with Crippen LogP contribution in [-0.4, -0.2) is 54.1 Å². The molecule has 6 nitrogen and oxygen atoms in total. The predicted octanol–water partition coefficient (Wildman–Crippen LogP) is 0.581. The molecule has 1 saturated heterocycles. The second kappa shape index (κ2) is 4.91. The normalized spacial score (nSPS) is 20.5. The fraction of sp³-hybridized carbons (Fsp3) is 0.500. The van der Waals surface area contributed by atoms with Gasteiger partial charge >= 0.3 is 0 Å². The molecule has 0 aromatic carbocycles. The quantitative estimate of drug-likeness (QED) is 0.795. The lowest BCUT2D eigenvalue weighted by atomic mass is 10.2. The number of anilines is 1. The summed E-state index contributed by atoms with van der Waals surface area (Å²) in [5, 5.41) is 8.00. The molecule has 3 heterocycles. The van der Waals surface area contributed by atoms with E-state index in [1.165, 1.54) is 0 Å². The van der Waals surface area contributed by atoms with Crippen molar-refractivity contribution in [3.63, 3.8) is 0 Å². The molecule has 0 aliphatic carbocycles. The smallest absolute Gasteiger partial charge is 0.162 e. The third-order valence-corrected chi connectivity index (χ3v) is 3.13. The van der Waals surface area contributed by atoms with E-state index in [0.29, 0.717) is 13.2 Å². The van der Waals surface area contributed by atoms with Gasteiger partial charge in [-0.05, 0) is 12.1 Å². The summed E-state index contributed by atoms with van der Waals surface area (Å²) >= 11 is 0. The number of methoxy groups -OCH3 is 1. The minimum Gasteiger partial charge on any atom is -0.382 e. The zero-order valence-electron chi connectivity index (χ0n) is 10.3. The van der Waals surface area contributed by atoms with E-state index in [2.05, 4.69) is 21.2 Å². The number of hydrogen-bond acceptors (Lipinski definition) is 5. The Bertz CT molecular complexity index is 526. The van der Waals surface area contributed by atoms with Crippen molar-refractivity contribution >= 4 is 11.5 Å². The van der Waals surface area contributed by atoms with Crippen LogP contribution in [0.5, 0.6) is 0 Å². The number of morpholine rings is 1. The maximum absolute atomic E-state index is 5.66. The van der Waals surface area contributed by atoms with Crippen molar-refractivity contribution in [1.82, 2.24) is 14.6 Å². The van der Waals surface area contributed by atoms with Gasteiger partial charge in [-0.1, -0.05) is 6.07 Å². The Morgan fingerprint density at radius 1 is 1.50 bits per heavy atom. The van der Waals surface area contributed by atoms with Crippen molar-refractivity contribution in [1.29, 1.82) is 0 Å². The largest absolute Gasteiger partial charge is 0.382 e. The first-order valence-electron chi connectivity index (χ1n) is 6.03. The summed E-state index contributed by atoms with van der Waals surface area (Å²) in [5.41, 5.74) is 0.863. The van der Waals surface area contributed by atoms with Gasteiger partial charge in [0, 0.05) is 20.2 Å². The topological polar surface area (TPSA) is 51.9 Å². The van der Waals surface area contributed by atoms with Gasteiger partial charge in [0.05, 0.1) is 19.3 Å². The van der Waals surface area contributed by atoms with Gasteiger partial charge in [0.25, 0.3) is 0 Å². The Morgan fingerprint density at radius 3 is 3.33 bits per heavy atom. The highest BCUT2D eigenvalue weighted by Gasteiger charge is 2.22. The molecule has 1 aliphatic heterocycles. The Balaban J connectivity index is 1.87. The summed E-state index contributed by atoms with van der Waals surface area (Å²) in [5.74, 6) is 1.10. The van der Waals surface area contributed by atoms with Crippen molar-refractivity contribution in [2.45, 2.75) is 6.10 Å². The molecule has 2 aromatic rings. The van der Waals surface area contributed by atoms with Crippen molar-refractivity contribution in [3.05, 3.63) is 24.5 Å². The van der Waals surface area contributed by atoms with E-state index in [1.807, 2.05) is 16.5 Å². The summed E-state index contributed by atoms with van der Waals surface area (Å²) in [6.07, 6.45) is 1.86. The second-order valence-corrected chi connectivity index (χ2v) is 4.34. The lowest BCUT2D eigenvalue weighted by Crippen LogP contribution is -2.45. The molecule has 0 N–H and O–H groups in total. The Labute approximate surface area is 105 Å². The van der Waals surface area contributed by atoms with Gasteiger partial charge in [0.2, 0.25) is 0 Å². The van der Waals surface area contributed by atoms with E-state index >= 15 is 0 Å². The Morgan fingerprint density at radius 2 is 2.44 bits per heavy atom. The number of rotatable bonds is 3. The molecule has 2 aromatic heterocycles. The minimum atomic E-state index is 0.121. The summed E-state index contributed by atoms with van der Waals surface area (Å²) in [6, 6.07) is 6.02. The molecule has 1 aliphatic rings. The van der Waals surface area contributed by atoms with Crippen LogP contribution in [0.2, 0.25) is 0 Å². The van der Waals surface area contributed by atoms with Gasteiger partial charge in [-0.15, -0.1) is 10.2 Å². The first kappa shape index (κ1) is 11.4. The van der Waals surface area contributed by atoms with Crippen LogP contribution < -0.4 is 4.90 Å². The lowest BCUT2D eigenvalue weighted by molar-refractivity contribution is -0.0102. The molecule has 0 radical (unpaired) electrons. The zero-order chi connectivity index (χ0) is 12.4. The number of pyridine rings is 1. The van der Waals surface area contributed by atoms with Gasteiger partial charge < -0.3 is 14.4 Å². The Kier molecular flexibility index (Phi) is 3.12. The number of ether oxygens (including phenoxy) is 2. The average molecular weight is 248 g/mol. The highest BCUT2D eigenvalue weighted by Crippen LogP contribution is 2.18. The molecule has 3 rings (SSSR count). The van der Waals surface area contributed by atoms with E-state index in [9.17, 15) is 0 Å². The van der Waals surface area contributed by atoms with Gasteiger partial charge in [-0.25, -0.2) is 0 Å². The molecule has 0 bridgehead atoms. The number of fused-ring (bicyclic) bond motifs is 1.